The van der Waals surface area contributed by atoms with E-state index in [1.807, 2.05) is 36.4 Å². The van der Waals surface area contributed by atoms with Gasteiger partial charge in [0.15, 0.2) is 5.82 Å². The predicted molar refractivity (Wildman–Crippen MR) is 96.1 cm³/mol. The first-order valence-corrected chi connectivity index (χ1v) is 8.10. The minimum absolute atomic E-state index is 0.246. The van der Waals surface area contributed by atoms with Gasteiger partial charge in [0.25, 0.3) is 5.91 Å². The molecule has 0 aliphatic carbocycles. The highest BCUT2D eigenvalue weighted by molar-refractivity contribution is 6.30. The van der Waals surface area contributed by atoms with Gasteiger partial charge in [-0.2, -0.15) is 4.68 Å². The molecule has 1 heterocycles. The van der Waals surface area contributed by atoms with Crippen molar-refractivity contribution < 1.29 is 4.79 Å². The van der Waals surface area contributed by atoms with Crippen LogP contribution in [-0.4, -0.2) is 26.1 Å². The summed E-state index contributed by atoms with van der Waals surface area (Å²) in [6, 6.07) is 16.8. The second kappa shape index (κ2) is 7.72. The fraction of sp³-hybridized carbons (Fsp3) is 0.111. The first-order chi connectivity index (χ1) is 12.2. The number of benzene rings is 2. The van der Waals surface area contributed by atoms with Gasteiger partial charge in [-0.15, -0.1) is 5.10 Å². The molecule has 6 nitrogen and oxygen atoms in total. The summed E-state index contributed by atoms with van der Waals surface area (Å²) in [5.74, 6) is 0.111. The van der Waals surface area contributed by atoms with E-state index in [0.29, 0.717) is 28.7 Å². The number of nitrogens with zero attached hydrogens (tertiary/aromatic N) is 4. The van der Waals surface area contributed by atoms with Crippen molar-refractivity contribution >= 4 is 23.1 Å². The van der Waals surface area contributed by atoms with Gasteiger partial charge in [0.05, 0.1) is 11.3 Å². The molecule has 3 aromatic rings. The van der Waals surface area contributed by atoms with Crippen LogP contribution in [0.1, 0.15) is 18.3 Å². The molecule has 0 aliphatic rings. The molecular formula is C18H16ClN5O. The molecule has 1 amide bonds. The Labute approximate surface area is 150 Å². The number of rotatable bonds is 5. The van der Waals surface area contributed by atoms with Gasteiger partial charge in [0, 0.05) is 11.6 Å². The van der Waals surface area contributed by atoms with Crippen LogP contribution in [0.25, 0.3) is 11.3 Å². The molecule has 0 atom stereocenters. The summed E-state index contributed by atoms with van der Waals surface area (Å²) in [7, 11) is 0. The van der Waals surface area contributed by atoms with E-state index >= 15 is 0 Å². The smallest absolute Gasteiger partial charge is 0.255 e. The van der Waals surface area contributed by atoms with E-state index in [2.05, 4.69) is 20.8 Å². The van der Waals surface area contributed by atoms with E-state index in [1.54, 1.807) is 31.2 Å². The summed E-state index contributed by atoms with van der Waals surface area (Å²) >= 11 is 6.03. The number of nitrogens with one attached hydrogen (secondary N) is 1. The number of allylic oxidation sites excluding steroid dienone is 1. The van der Waals surface area contributed by atoms with Crippen LogP contribution < -0.4 is 5.32 Å². The molecule has 0 spiro atoms. The minimum atomic E-state index is -0.246. The Kier molecular flexibility index (Phi) is 5.20. The zero-order valence-corrected chi connectivity index (χ0v) is 14.3. The molecule has 0 bridgehead atoms. The van der Waals surface area contributed by atoms with Crippen molar-refractivity contribution in [1.29, 1.82) is 0 Å². The van der Waals surface area contributed by atoms with Crippen molar-refractivity contribution in [3.8, 4) is 5.69 Å². The fourth-order valence-corrected chi connectivity index (χ4v) is 2.56. The summed E-state index contributed by atoms with van der Waals surface area (Å²) < 4.78 is 1.49. The van der Waals surface area contributed by atoms with Crippen LogP contribution in [0, 0.1) is 0 Å². The zero-order valence-electron chi connectivity index (χ0n) is 13.6. The molecule has 2 aromatic carbocycles. The van der Waals surface area contributed by atoms with Crippen LogP contribution in [0.3, 0.4) is 0 Å². The lowest BCUT2D eigenvalue weighted by Crippen LogP contribution is -2.25. The molecule has 0 saturated heterocycles. The van der Waals surface area contributed by atoms with Gasteiger partial charge in [-0.1, -0.05) is 54.1 Å². The molecule has 0 unspecified atom stereocenters. The van der Waals surface area contributed by atoms with Gasteiger partial charge < -0.3 is 5.32 Å². The lowest BCUT2D eigenvalue weighted by atomic mass is 10.2. The Balaban J connectivity index is 1.82. The lowest BCUT2D eigenvalue weighted by Gasteiger charge is -2.09. The van der Waals surface area contributed by atoms with Crippen molar-refractivity contribution in [2.45, 2.75) is 13.5 Å². The van der Waals surface area contributed by atoms with E-state index in [9.17, 15) is 4.79 Å². The van der Waals surface area contributed by atoms with Crippen LogP contribution in [0.4, 0.5) is 0 Å². The predicted octanol–water partition coefficient (Wildman–Crippen LogP) is 3.04. The monoisotopic (exact) mass is 353 g/mol. The van der Waals surface area contributed by atoms with Crippen LogP contribution >= 0.6 is 11.6 Å². The standard InChI is InChI=1S/C18H16ClN5O/c1-2-16(18(25)20-12-13-7-4-3-5-8-13)17-21-22-23-24(17)15-10-6-9-14(19)11-15/h2-11H,12H2,1H3,(H,20,25)/b16-2+. The van der Waals surface area contributed by atoms with E-state index in [-0.39, 0.29) is 5.91 Å². The van der Waals surface area contributed by atoms with Crippen molar-refractivity contribution in [1.82, 2.24) is 25.5 Å². The highest BCUT2D eigenvalue weighted by Gasteiger charge is 2.19. The number of carbonyl (C=O) groups is 1. The summed E-state index contributed by atoms with van der Waals surface area (Å²) in [6.45, 7) is 2.20. The molecule has 0 fully saturated rings. The lowest BCUT2D eigenvalue weighted by molar-refractivity contribution is -0.115. The second-order valence-electron chi connectivity index (χ2n) is 5.26. The van der Waals surface area contributed by atoms with E-state index in [1.165, 1.54) is 4.68 Å². The molecular weight excluding hydrogens is 338 g/mol. The number of aromatic nitrogens is 4. The Hall–Kier alpha value is -2.99. The highest BCUT2D eigenvalue weighted by Crippen LogP contribution is 2.18. The van der Waals surface area contributed by atoms with Crippen LogP contribution in [0.15, 0.2) is 60.7 Å². The number of tetrazole rings is 1. The van der Waals surface area contributed by atoms with Crippen LogP contribution in [-0.2, 0) is 11.3 Å². The largest absolute Gasteiger partial charge is 0.348 e. The topological polar surface area (TPSA) is 72.7 Å². The Bertz CT molecular complexity index is 905. The van der Waals surface area contributed by atoms with Gasteiger partial charge in [0.2, 0.25) is 0 Å². The molecule has 0 radical (unpaired) electrons. The fourth-order valence-electron chi connectivity index (χ4n) is 2.37. The Morgan fingerprint density at radius 3 is 2.72 bits per heavy atom. The summed E-state index contributed by atoms with van der Waals surface area (Å²) in [4.78, 5) is 12.6. The third kappa shape index (κ3) is 3.92. The second-order valence-corrected chi connectivity index (χ2v) is 5.70. The number of hydrogen-bond donors (Lipinski definition) is 1. The normalized spacial score (nSPS) is 11.4. The summed E-state index contributed by atoms with van der Waals surface area (Å²) in [6.07, 6.45) is 1.69. The average Bonchev–Trinajstić information content (AvgIpc) is 3.11. The molecule has 1 N–H and O–H groups in total. The van der Waals surface area contributed by atoms with Crippen molar-refractivity contribution in [3.05, 3.63) is 77.1 Å². The van der Waals surface area contributed by atoms with Gasteiger partial charge >= 0.3 is 0 Å². The van der Waals surface area contributed by atoms with E-state index in [4.69, 9.17) is 11.6 Å². The maximum absolute atomic E-state index is 12.6. The maximum Gasteiger partial charge on any atom is 0.255 e. The summed E-state index contributed by atoms with van der Waals surface area (Å²) in [5.41, 5.74) is 2.09. The summed E-state index contributed by atoms with van der Waals surface area (Å²) in [5, 5.41) is 15.1. The van der Waals surface area contributed by atoms with Gasteiger partial charge in [-0.05, 0) is 41.1 Å². The molecule has 126 valence electrons. The average molecular weight is 354 g/mol. The van der Waals surface area contributed by atoms with Gasteiger partial charge in [-0.25, -0.2) is 0 Å². The molecule has 3 rings (SSSR count). The van der Waals surface area contributed by atoms with Crippen molar-refractivity contribution in [2.24, 2.45) is 0 Å². The Morgan fingerprint density at radius 1 is 1.20 bits per heavy atom. The van der Waals surface area contributed by atoms with Crippen molar-refractivity contribution in [2.75, 3.05) is 0 Å². The molecule has 25 heavy (non-hydrogen) atoms. The van der Waals surface area contributed by atoms with Crippen molar-refractivity contribution in [3.63, 3.8) is 0 Å². The first-order valence-electron chi connectivity index (χ1n) is 7.72. The first kappa shape index (κ1) is 16.9. The van der Waals surface area contributed by atoms with E-state index < -0.39 is 0 Å². The highest BCUT2D eigenvalue weighted by atomic mass is 35.5. The van der Waals surface area contributed by atoms with Crippen LogP contribution in [0.5, 0.6) is 0 Å². The minimum Gasteiger partial charge on any atom is -0.348 e. The third-order valence-corrected chi connectivity index (χ3v) is 3.83. The molecule has 7 heteroatoms. The molecule has 0 saturated carbocycles. The van der Waals surface area contributed by atoms with Gasteiger partial charge in [-0.3, -0.25) is 4.79 Å². The maximum atomic E-state index is 12.6. The third-order valence-electron chi connectivity index (χ3n) is 3.59. The Morgan fingerprint density at radius 2 is 2.00 bits per heavy atom. The van der Waals surface area contributed by atoms with Gasteiger partial charge in [0.1, 0.15) is 0 Å². The number of carbonyl (C=O) groups excluding carboxylic acids is 1. The molecule has 0 aliphatic heterocycles. The zero-order chi connectivity index (χ0) is 17.6. The van der Waals surface area contributed by atoms with E-state index in [0.717, 1.165) is 5.56 Å². The SMILES string of the molecule is C/C=C(/C(=O)NCc1ccccc1)c1nnnn1-c1cccc(Cl)c1. The number of amides is 1. The molecule has 1 aromatic heterocycles. The number of halogens is 1. The number of hydrogen-bond acceptors (Lipinski definition) is 4. The quantitative estimate of drug-likeness (QED) is 0.715. The van der Waals surface area contributed by atoms with Crippen LogP contribution in [0.2, 0.25) is 5.02 Å².